The molecule has 1 aliphatic rings. The van der Waals surface area contributed by atoms with E-state index in [-0.39, 0.29) is 51.4 Å². The largest absolute Gasteiger partial charge is 1.00 e. The zero-order chi connectivity index (χ0) is 9.90. The summed E-state index contributed by atoms with van der Waals surface area (Å²) in [5.41, 5.74) is 0. The van der Waals surface area contributed by atoms with E-state index in [4.69, 9.17) is 0 Å². The van der Waals surface area contributed by atoms with Gasteiger partial charge in [-0.15, -0.1) is 0 Å². The van der Waals surface area contributed by atoms with Gasteiger partial charge in [-0.05, 0) is 13.0 Å². The standard InChI is InChI=1S/C7H15BF3N2.K/c1-2-12-3-5-13(6-4-12)7-8(9,10)11;/h2-7H2,1H3;/q-1;+1. The van der Waals surface area contributed by atoms with Crippen LogP contribution in [0.4, 0.5) is 12.9 Å². The van der Waals surface area contributed by atoms with Crippen molar-refractivity contribution in [2.24, 2.45) is 0 Å². The van der Waals surface area contributed by atoms with E-state index in [9.17, 15) is 12.9 Å². The molecule has 0 saturated carbocycles. The minimum absolute atomic E-state index is 0. The maximum Gasteiger partial charge on any atom is 1.00 e. The maximum atomic E-state index is 12.0. The summed E-state index contributed by atoms with van der Waals surface area (Å²) in [6.45, 7) is 0.959. The fourth-order valence-corrected chi connectivity index (χ4v) is 1.58. The van der Waals surface area contributed by atoms with Gasteiger partial charge in [0.2, 0.25) is 0 Å². The molecule has 0 radical (unpaired) electrons. The monoisotopic (exact) mass is 234 g/mol. The first kappa shape index (κ1) is 15.4. The van der Waals surface area contributed by atoms with Crippen LogP contribution < -0.4 is 51.4 Å². The third kappa shape index (κ3) is 6.09. The average Bonchev–Trinajstić information content (AvgIpc) is 2.03. The minimum Gasteiger partial charge on any atom is -0.448 e. The van der Waals surface area contributed by atoms with E-state index in [2.05, 4.69) is 4.90 Å². The number of halogens is 3. The van der Waals surface area contributed by atoms with Crippen LogP contribution in [-0.4, -0.2) is 55.9 Å². The quantitative estimate of drug-likeness (QED) is 0.522. The van der Waals surface area contributed by atoms with Gasteiger partial charge in [-0.25, -0.2) is 0 Å². The van der Waals surface area contributed by atoms with Crippen molar-refractivity contribution in [1.82, 2.24) is 9.80 Å². The summed E-state index contributed by atoms with van der Waals surface area (Å²) in [5.74, 6) is 0. The van der Waals surface area contributed by atoms with Crippen LogP contribution in [0.1, 0.15) is 6.92 Å². The van der Waals surface area contributed by atoms with Gasteiger partial charge in [-0.1, -0.05) is 6.92 Å². The van der Waals surface area contributed by atoms with E-state index in [0.29, 0.717) is 13.1 Å². The van der Waals surface area contributed by atoms with Crippen molar-refractivity contribution in [3.8, 4) is 0 Å². The summed E-state index contributed by atoms with van der Waals surface area (Å²) in [4.78, 5) is 3.66. The Hall–Kier alpha value is 1.41. The predicted molar refractivity (Wildman–Crippen MR) is 47.6 cm³/mol. The summed E-state index contributed by atoms with van der Waals surface area (Å²) < 4.78 is 36.1. The summed E-state index contributed by atoms with van der Waals surface area (Å²) in [6.07, 6.45) is -0.697. The molecule has 0 aromatic rings. The van der Waals surface area contributed by atoms with Gasteiger partial charge in [-0.3, -0.25) is 0 Å². The first-order valence-electron chi connectivity index (χ1n) is 4.67. The van der Waals surface area contributed by atoms with E-state index in [1.54, 1.807) is 0 Å². The molecule has 0 aromatic carbocycles. The topological polar surface area (TPSA) is 6.48 Å². The van der Waals surface area contributed by atoms with Gasteiger partial charge in [0.1, 0.15) is 0 Å². The van der Waals surface area contributed by atoms with Crippen molar-refractivity contribution in [3.05, 3.63) is 0 Å². The Morgan fingerprint density at radius 2 is 1.43 bits per heavy atom. The number of likely N-dealkylation sites (N-methyl/N-ethyl adjacent to an activating group) is 1. The van der Waals surface area contributed by atoms with E-state index in [0.717, 1.165) is 19.6 Å². The van der Waals surface area contributed by atoms with Crippen LogP contribution in [0.5, 0.6) is 0 Å². The molecule has 0 N–H and O–H groups in total. The molecule has 7 heteroatoms. The minimum atomic E-state index is -4.64. The van der Waals surface area contributed by atoms with Crippen molar-refractivity contribution in [2.75, 3.05) is 39.2 Å². The number of hydrogen-bond donors (Lipinski definition) is 0. The second kappa shape index (κ2) is 6.88. The Kier molecular flexibility index (Phi) is 7.57. The molecule has 14 heavy (non-hydrogen) atoms. The zero-order valence-electron chi connectivity index (χ0n) is 8.85. The fourth-order valence-electron chi connectivity index (χ4n) is 1.58. The van der Waals surface area contributed by atoms with Crippen molar-refractivity contribution in [2.45, 2.75) is 6.92 Å². The molecule has 0 atom stereocenters. The molecule has 0 bridgehead atoms. The molecule has 0 unspecified atom stereocenters. The molecule has 0 aliphatic carbocycles. The van der Waals surface area contributed by atoms with Crippen LogP contribution in [0, 0.1) is 0 Å². The van der Waals surface area contributed by atoms with Gasteiger partial charge in [0.05, 0.1) is 0 Å². The van der Waals surface area contributed by atoms with Crippen LogP contribution in [0.2, 0.25) is 0 Å². The van der Waals surface area contributed by atoms with Crippen molar-refractivity contribution in [1.29, 1.82) is 0 Å². The third-order valence-corrected chi connectivity index (χ3v) is 2.38. The number of piperazine rings is 1. The third-order valence-electron chi connectivity index (χ3n) is 2.38. The molecular formula is C7H15BF3KN2. The van der Waals surface area contributed by atoms with E-state index in [1.165, 1.54) is 4.90 Å². The summed E-state index contributed by atoms with van der Waals surface area (Å²) in [7, 11) is 0. The van der Waals surface area contributed by atoms with Crippen LogP contribution in [0.15, 0.2) is 0 Å². The first-order chi connectivity index (χ1) is 6.01. The fraction of sp³-hybridized carbons (Fsp3) is 1.00. The molecule has 1 fully saturated rings. The molecule has 1 saturated heterocycles. The number of rotatable bonds is 3. The van der Waals surface area contributed by atoms with Gasteiger partial charge in [-0.2, -0.15) is 0 Å². The van der Waals surface area contributed by atoms with Crippen LogP contribution in [0.25, 0.3) is 0 Å². The normalized spacial score (nSPS) is 20.6. The van der Waals surface area contributed by atoms with Crippen LogP contribution in [-0.2, 0) is 0 Å². The molecule has 1 aliphatic heterocycles. The molecule has 1 heterocycles. The predicted octanol–water partition coefficient (Wildman–Crippen LogP) is -1.99. The van der Waals surface area contributed by atoms with Gasteiger partial charge < -0.3 is 22.7 Å². The van der Waals surface area contributed by atoms with Crippen molar-refractivity contribution >= 4 is 6.98 Å². The molecule has 1 rings (SSSR count). The van der Waals surface area contributed by atoms with Crippen molar-refractivity contribution < 1.29 is 64.3 Å². The van der Waals surface area contributed by atoms with Gasteiger partial charge in [0, 0.05) is 26.2 Å². The summed E-state index contributed by atoms with van der Waals surface area (Å²) in [6, 6.07) is 0. The van der Waals surface area contributed by atoms with Gasteiger partial charge in [0.15, 0.2) is 0 Å². The molecule has 2 nitrogen and oxygen atoms in total. The second-order valence-corrected chi connectivity index (χ2v) is 3.45. The van der Waals surface area contributed by atoms with Crippen LogP contribution >= 0.6 is 0 Å². The zero-order valence-corrected chi connectivity index (χ0v) is 12.0. The van der Waals surface area contributed by atoms with Crippen molar-refractivity contribution in [3.63, 3.8) is 0 Å². The van der Waals surface area contributed by atoms with Gasteiger partial charge >= 0.3 is 58.4 Å². The molecule has 0 aromatic heterocycles. The molecule has 78 valence electrons. The smallest absolute Gasteiger partial charge is 0.448 e. The van der Waals surface area contributed by atoms with E-state index < -0.39 is 13.4 Å². The number of hydrogen-bond acceptors (Lipinski definition) is 2. The average molecular weight is 234 g/mol. The second-order valence-electron chi connectivity index (χ2n) is 3.45. The number of nitrogens with zero attached hydrogens (tertiary/aromatic N) is 2. The maximum absolute atomic E-state index is 12.0. The van der Waals surface area contributed by atoms with Gasteiger partial charge in [0.25, 0.3) is 0 Å². The Labute approximate surface area is 126 Å². The summed E-state index contributed by atoms with van der Waals surface area (Å²) >= 11 is 0. The molecular weight excluding hydrogens is 219 g/mol. The Morgan fingerprint density at radius 3 is 1.79 bits per heavy atom. The molecule has 0 spiro atoms. The van der Waals surface area contributed by atoms with E-state index >= 15 is 0 Å². The molecule has 0 amide bonds. The Balaban J connectivity index is 0.00000169. The first-order valence-corrected chi connectivity index (χ1v) is 4.67. The summed E-state index contributed by atoms with van der Waals surface area (Å²) in [5, 5.41) is 0. The SMILES string of the molecule is CCN1CCN(C[B-](F)(F)F)CC1.[K+]. The van der Waals surface area contributed by atoms with Crippen LogP contribution in [0.3, 0.4) is 0 Å². The Bertz CT molecular complexity index is 160. The Morgan fingerprint density at radius 1 is 1.00 bits per heavy atom. The van der Waals surface area contributed by atoms with E-state index in [1.807, 2.05) is 6.92 Å².